The Hall–Kier alpha value is -1.14. The molecule has 0 spiro atoms. The van der Waals surface area contributed by atoms with Crippen LogP contribution in [0.5, 0.6) is 0 Å². The first-order chi connectivity index (χ1) is 8.16. The van der Waals surface area contributed by atoms with Gasteiger partial charge in [-0.05, 0) is 0 Å². The molecule has 6 nitrogen and oxygen atoms in total. The van der Waals surface area contributed by atoms with E-state index < -0.39 is 0 Å². The molecular formula is C11H19N3O3. The molecule has 1 unspecified atom stereocenters. The van der Waals surface area contributed by atoms with Gasteiger partial charge < -0.3 is 15.4 Å². The number of rotatable bonds is 4. The van der Waals surface area contributed by atoms with Crippen molar-refractivity contribution in [1.82, 2.24) is 9.80 Å². The Bertz CT molecular complexity index is 302. The molecule has 2 fully saturated rings. The number of likely N-dealkylation sites (tertiary alicyclic amines) is 1. The molecule has 2 aliphatic heterocycles. The lowest BCUT2D eigenvalue weighted by atomic mass is 10.1. The second-order valence-electron chi connectivity index (χ2n) is 4.60. The first-order valence-electron chi connectivity index (χ1n) is 6.04. The van der Waals surface area contributed by atoms with Crippen LogP contribution in [-0.4, -0.2) is 67.6 Å². The Morgan fingerprint density at radius 3 is 2.65 bits per heavy atom. The van der Waals surface area contributed by atoms with E-state index >= 15 is 0 Å². The van der Waals surface area contributed by atoms with Gasteiger partial charge in [0.1, 0.15) is 0 Å². The lowest BCUT2D eigenvalue weighted by Crippen LogP contribution is -2.42. The zero-order valence-electron chi connectivity index (χ0n) is 9.93. The van der Waals surface area contributed by atoms with Crippen LogP contribution >= 0.6 is 0 Å². The first kappa shape index (κ1) is 12.3. The van der Waals surface area contributed by atoms with Crippen LogP contribution in [0.4, 0.5) is 0 Å². The summed E-state index contributed by atoms with van der Waals surface area (Å²) in [6.07, 6.45) is 0.276. The monoisotopic (exact) mass is 241 g/mol. The van der Waals surface area contributed by atoms with E-state index in [0.29, 0.717) is 13.1 Å². The molecule has 1 atom stereocenters. The predicted octanol–water partition coefficient (Wildman–Crippen LogP) is -1.35. The number of nitrogens with two attached hydrogens (primary N) is 1. The minimum atomic E-state index is -0.368. The maximum absolute atomic E-state index is 11.6. The minimum Gasteiger partial charge on any atom is -0.379 e. The maximum Gasteiger partial charge on any atom is 0.223 e. The summed E-state index contributed by atoms with van der Waals surface area (Å²) in [4.78, 5) is 26.7. The molecule has 17 heavy (non-hydrogen) atoms. The average Bonchev–Trinajstić information content (AvgIpc) is 2.70. The quantitative estimate of drug-likeness (QED) is 0.660. The van der Waals surface area contributed by atoms with Crippen molar-refractivity contribution in [3.05, 3.63) is 0 Å². The molecule has 0 saturated carbocycles. The van der Waals surface area contributed by atoms with Crippen LogP contribution < -0.4 is 5.73 Å². The van der Waals surface area contributed by atoms with Gasteiger partial charge in [0, 0.05) is 39.1 Å². The molecular weight excluding hydrogens is 222 g/mol. The third-order valence-corrected chi connectivity index (χ3v) is 3.41. The number of ether oxygens (including phenoxy) is 1. The zero-order chi connectivity index (χ0) is 12.3. The summed E-state index contributed by atoms with van der Waals surface area (Å²) in [6.45, 7) is 5.37. The molecule has 0 radical (unpaired) electrons. The molecule has 2 N–H and O–H groups in total. The Kier molecular flexibility index (Phi) is 3.96. The minimum absolute atomic E-state index is 0.0436. The number of carbonyl (C=O) groups excluding carboxylic acids is 2. The topological polar surface area (TPSA) is 75.9 Å². The van der Waals surface area contributed by atoms with Crippen molar-refractivity contribution < 1.29 is 14.3 Å². The molecule has 0 aromatic rings. The van der Waals surface area contributed by atoms with Crippen molar-refractivity contribution in [3.63, 3.8) is 0 Å². The van der Waals surface area contributed by atoms with E-state index in [4.69, 9.17) is 10.5 Å². The normalized spacial score (nSPS) is 26.5. The number of hydrogen-bond acceptors (Lipinski definition) is 4. The molecule has 0 bridgehead atoms. The van der Waals surface area contributed by atoms with E-state index in [1.165, 1.54) is 0 Å². The van der Waals surface area contributed by atoms with Gasteiger partial charge in [0.2, 0.25) is 11.8 Å². The third-order valence-electron chi connectivity index (χ3n) is 3.41. The van der Waals surface area contributed by atoms with E-state index in [1.807, 2.05) is 0 Å². The fraction of sp³-hybridized carbons (Fsp3) is 0.818. The van der Waals surface area contributed by atoms with E-state index in [-0.39, 0.29) is 24.2 Å². The first-order valence-corrected chi connectivity index (χ1v) is 6.04. The van der Waals surface area contributed by atoms with E-state index in [9.17, 15) is 9.59 Å². The van der Waals surface area contributed by atoms with Gasteiger partial charge in [-0.25, -0.2) is 0 Å². The second kappa shape index (κ2) is 5.46. The molecule has 6 heteroatoms. The lowest BCUT2D eigenvalue weighted by Gasteiger charge is -2.28. The molecule has 0 aliphatic carbocycles. The van der Waals surface area contributed by atoms with Gasteiger partial charge in [0.05, 0.1) is 19.1 Å². The molecule has 2 aliphatic rings. The predicted molar refractivity (Wildman–Crippen MR) is 61.1 cm³/mol. The Labute approximate surface area is 101 Å². The number of primary amides is 1. The van der Waals surface area contributed by atoms with Gasteiger partial charge in [-0.2, -0.15) is 0 Å². The Morgan fingerprint density at radius 2 is 2.06 bits per heavy atom. The van der Waals surface area contributed by atoms with Gasteiger partial charge in [-0.15, -0.1) is 0 Å². The highest BCUT2D eigenvalue weighted by Gasteiger charge is 2.32. The SMILES string of the molecule is NC(=O)C1CC(=O)N(CCN2CCOCC2)C1. The van der Waals surface area contributed by atoms with Crippen LogP contribution in [-0.2, 0) is 14.3 Å². The summed E-state index contributed by atoms with van der Waals surface area (Å²) in [5.74, 6) is -0.624. The Balaban J connectivity index is 1.75. The van der Waals surface area contributed by atoms with Crippen molar-refractivity contribution in [2.75, 3.05) is 45.9 Å². The van der Waals surface area contributed by atoms with Crippen LogP contribution in [0.15, 0.2) is 0 Å². The van der Waals surface area contributed by atoms with Crippen LogP contribution in [0.3, 0.4) is 0 Å². The van der Waals surface area contributed by atoms with E-state index in [1.54, 1.807) is 4.90 Å². The van der Waals surface area contributed by atoms with Crippen molar-refractivity contribution in [2.24, 2.45) is 11.7 Å². The third kappa shape index (κ3) is 3.17. The highest BCUT2D eigenvalue weighted by molar-refractivity contribution is 5.88. The smallest absolute Gasteiger partial charge is 0.223 e. The summed E-state index contributed by atoms with van der Waals surface area (Å²) in [6, 6.07) is 0. The van der Waals surface area contributed by atoms with Gasteiger partial charge in [0.25, 0.3) is 0 Å². The van der Waals surface area contributed by atoms with Gasteiger partial charge in [-0.1, -0.05) is 0 Å². The number of hydrogen-bond donors (Lipinski definition) is 1. The molecule has 96 valence electrons. The van der Waals surface area contributed by atoms with E-state index in [0.717, 1.165) is 32.8 Å². The fourth-order valence-corrected chi connectivity index (χ4v) is 2.27. The van der Waals surface area contributed by atoms with Gasteiger partial charge in [0.15, 0.2) is 0 Å². The maximum atomic E-state index is 11.6. The number of nitrogens with zero attached hydrogens (tertiary/aromatic N) is 2. The highest BCUT2D eigenvalue weighted by atomic mass is 16.5. The average molecular weight is 241 g/mol. The fourth-order valence-electron chi connectivity index (χ4n) is 2.27. The molecule has 2 saturated heterocycles. The molecule has 0 aromatic heterocycles. The van der Waals surface area contributed by atoms with Crippen molar-refractivity contribution >= 4 is 11.8 Å². The molecule has 2 rings (SSSR count). The summed E-state index contributed by atoms with van der Waals surface area (Å²) in [7, 11) is 0. The molecule has 2 heterocycles. The zero-order valence-corrected chi connectivity index (χ0v) is 9.93. The van der Waals surface area contributed by atoms with Crippen molar-refractivity contribution in [2.45, 2.75) is 6.42 Å². The van der Waals surface area contributed by atoms with Crippen LogP contribution in [0.2, 0.25) is 0 Å². The van der Waals surface area contributed by atoms with Crippen LogP contribution in [0.25, 0.3) is 0 Å². The summed E-state index contributed by atoms with van der Waals surface area (Å²) in [5, 5.41) is 0. The largest absolute Gasteiger partial charge is 0.379 e. The molecule has 2 amide bonds. The second-order valence-corrected chi connectivity index (χ2v) is 4.60. The number of morpholine rings is 1. The lowest BCUT2D eigenvalue weighted by molar-refractivity contribution is -0.128. The highest BCUT2D eigenvalue weighted by Crippen LogP contribution is 2.16. The van der Waals surface area contributed by atoms with Crippen LogP contribution in [0, 0.1) is 5.92 Å². The standard InChI is InChI=1S/C11H19N3O3/c12-11(16)9-7-10(15)14(8-9)2-1-13-3-5-17-6-4-13/h9H,1-8H2,(H2,12,16). The van der Waals surface area contributed by atoms with Gasteiger partial charge in [-0.3, -0.25) is 14.5 Å². The summed E-state index contributed by atoms with van der Waals surface area (Å²) >= 11 is 0. The summed E-state index contributed by atoms with van der Waals surface area (Å²) in [5.41, 5.74) is 5.22. The van der Waals surface area contributed by atoms with Gasteiger partial charge >= 0.3 is 0 Å². The number of carbonyl (C=O) groups is 2. The van der Waals surface area contributed by atoms with E-state index in [2.05, 4.69) is 4.90 Å². The van der Waals surface area contributed by atoms with Crippen molar-refractivity contribution in [1.29, 1.82) is 0 Å². The van der Waals surface area contributed by atoms with Crippen molar-refractivity contribution in [3.8, 4) is 0 Å². The summed E-state index contributed by atoms with van der Waals surface area (Å²) < 4.78 is 5.26. The number of amides is 2. The van der Waals surface area contributed by atoms with Crippen LogP contribution in [0.1, 0.15) is 6.42 Å². The molecule has 0 aromatic carbocycles. The Morgan fingerprint density at radius 1 is 1.35 bits per heavy atom.